The van der Waals surface area contributed by atoms with Gasteiger partial charge >= 0.3 is 0 Å². The molecular formula is C8H10N2O. The van der Waals surface area contributed by atoms with E-state index in [1.54, 1.807) is 12.3 Å². The Kier molecular flexibility index (Phi) is 1.32. The van der Waals surface area contributed by atoms with Gasteiger partial charge in [-0.15, -0.1) is 0 Å². The normalized spacial score (nSPS) is 28.5. The van der Waals surface area contributed by atoms with Crippen LogP contribution in [-0.2, 0) is 0 Å². The van der Waals surface area contributed by atoms with Crippen LogP contribution in [0.1, 0.15) is 24.1 Å². The number of rotatable bonds is 0. The highest BCUT2D eigenvalue weighted by molar-refractivity contribution is 5.54. The van der Waals surface area contributed by atoms with E-state index < -0.39 is 0 Å². The van der Waals surface area contributed by atoms with Gasteiger partial charge in [0.2, 0.25) is 0 Å². The van der Waals surface area contributed by atoms with Crippen LogP contribution in [0.3, 0.4) is 0 Å². The van der Waals surface area contributed by atoms with Gasteiger partial charge in [-0.05, 0) is 6.08 Å². The van der Waals surface area contributed by atoms with E-state index in [0.29, 0.717) is 0 Å². The van der Waals surface area contributed by atoms with E-state index >= 15 is 0 Å². The molecule has 1 aromatic rings. The molecule has 0 spiro atoms. The summed E-state index contributed by atoms with van der Waals surface area (Å²) in [5, 5.41) is 16.2. The molecular weight excluding hydrogens is 140 g/mol. The molecule has 1 heterocycles. The van der Waals surface area contributed by atoms with Crippen molar-refractivity contribution >= 4 is 6.08 Å². The Hall–Kier alpha value is -1.09. The molecule has 1 aliphatic rings. The molecule has 0 aromatic carbocycles. The lowest BCUT2D eigenvalue weighted by atomic mass is 9.91. The standard InChI is InChI=1S/C8H10N2O/c1-5-6-4-9-10-7(6)2-3-8(5)11/h2-5,8,11H,1H3,(H,9,10). The van der Waals surface area contributed by atoms with Gasteiger partial charge in [0.05, 0.1) is 18.0 Å². The third-order valence-corrected chi connectivity index (χ3v) is 2.16. The third kappa shape index (κ3) is 0.886. The predicted octanol–water partition coefficient (Wildman–Crippen LogP) is 0.901. The molecule has 0 radical (unpaired) electrons. The summed E-state index contributed by atoms with van der Waals surface area (Å²) < 4.78 is 0. The molecule has 0 saturated carbocycles. The van der Waals surface area contributed by atoms with Gasteiger partial charge in [0, 0.05) is 11.5 Å². The van der Waals surface area contributed by atoms with E-state index in [1.165, 1.54) is 0 Å². The fraction of sp³-hybridized carbons (Fsp3) is 0.375. The summed E-state index contributed by atoms with van der Waals surface area (Å²) in [5.41, 5.74) is 2.11. The molecule has 1 aliphatic carbocycles. The van der Waals surface area contributed by atoms with E-state index in [9.17, 15) is 5.11 Å². The first-order chi connectivity index (χ1) is 5.29. The minimum atomic E-state index is -0.361. The zero-order valence-electron chi connectivity index (χ0n) is 6.28. The molecule has 2 rings (SSSR count). The van der Waals surface area contributed by atoms with Gasteiger partial charge in [-0.3, -0.25) is 5.10 Å². The highest BCUT2D eigenvalue weighted by atomic mass is 16.3. The zero-order chi connectivity index (χ0) is 7.84. The minimum absolute atomic E-state index is 0.161. The van der Waals surface area contributed by atoms with Crippen molar-refractivity contribution in [2.45, 2.75) is 18.9 Å². The van der Waals surface area contributed by atoms with Crippen LogP contribution in [0.5, 0.6) is 0 Å². The second kappa shape index (κ2) is 2.20. The first-order valence-electron chi connectivity index (χ1n) is 3.68. The summed E-state index contributed by atoms with van der Waals surface area (Å²) in [4.78, 5) is 0. The van der Waals surface area contributed by atoms with E-state index in [1.807, 2.05) is 13.0 Å². The van der Waals surface area contributed by atoms with Crippen molar-refractivity contribution in [1.82, 2.24) is 10.2 Å². The summed E-state index contributed by atoms with van der Waals surface area (Å²) in [5.74, 6) is 0.161. The number of hydrogen-bond acceptors (Lipinski definition) is 2. The molecule has 3 nitrogen and oxygen atoms in total. The Bertz CT molecular complexity index is 290. The molecule has 58 valence electrons. The van der Waals surface area contributed by atoms with E-state index in [4.69, 9.17) is 0 Å². The van der Waals surface area contributed by atoms with Crippen LogP contribution in [0.25, 0.3) is 6.08 Å². The lowest BCUT2D eigenvalue weighted by molar-refractivity contribution is 0.196. The van der Waals surface area contributed by atoms with Gasteiger partial charge in [-0.2, -0.15) is 5.10 Å². The largest absolute Gasteiger partial charge is 0.388 e. The molecule has 0 saturated heterocycles. The molecule has 3 heteroatoms. The fourth-order valence-electron chi connectivity index (χ4n) is 1.35. The van der Waals surface area contributed by atoms with E-state index in [0.717, 1.165) is 11.3 Å². The van der Waals surface area contributed by atoms with Gasteiger partial charge < -0.3 is 5.11 Å². The maximum Gasteiger partial charge on any atom is 0.0791 e. The summed E-state index contributed by atoms with van der Waals surface area (Å²) in [6.45, 7) is 1.99. The Morgan fingerprint density at radius 1 is 1.64 bits per heavy atom. The summed E-state index contributed by atoms with van der Waals surface area (Å²) >= 11 is 0. The van der Waals surface area contributed by atoms with Crippen LogP contribution < -0.4 is 0 Å². The lowest BCUT2D eigenvalue weighted by Gasteiger charge is -2.18. The van der Waals surface area contributed by atoms with Crippen LogP contribution in [-0.4, -0.2) is 21.4 Å². The van der Waals surface area contributed by atoms with Crippen LogP contribution in [0.4, 0.5) is 0 Å². The second-order valence-electron chi connectivity index (χ2n) is 2.88. The number of H-pyrrole nitrogens is 1. The predicted molar refractivity (Wildman–Crippen MR) is 42.0 cm³/mol. The highest BCUT2D eigenvalue weighted by Crippen LogP contribution is 2.27. The molecule has 2 unspecified atom stereocenters. The Morgan fingerprint density at radius 3 is 3.27 bits per heavy atom. The van der Waals surface area contributed by atoms with Crippen molar-refractivity contribution in [3.05, 3.63) is 23.5 Å². The van der Waals surface area contributed by atoms with Crippen LogP contribution in [0.2, 0.25) is 0 Å². The quantitative estimate of drug-likeness (QED) is 0.577. The molecule has 0 aliphatic heterocycles. The number of nitrogens with zero attached hydrogens (tertiary/aromatic N) is 1. The van der Waals surface area contributed by atoms with Crippen molar-refractivity contribution < 1.29 is 5.11 Å². The number of fused-ring (bicyclic) bond motifs is 1. The van der Waals surface area contributed by atoms with Gasteiger partial charge in [0.1, 0.15) is 0 Å². The maximum atomic E-state index is 9.41. The average molecular weight is 150 g/mol. The fourth-order valence-corrected chi connectivity index (χ4v) is 1.35. The maximum absolute atomic E-state index is 9.41. The molecule has 0 amide bonds. The Morgan fingerprint density at radius 2 is 2.45 bits per heavy atom. The second-order valence-corrected chi connectivity index (χ2v) is 2.88. The molecule has 2 atom stereocenters. The van der Waals surface area contributed by atoms with Crippen molar-refractivity contribution in [1.29, 1.82) is 0 Å². The number of hydrogen-bond donors (Lipinski definition) is 2. The van der Waals surface area contributed by atoms with Crippen LogP contribution in [0.15, 0.2) is 12.3 Å². The van der Waals surface area contributed by atoms with Crippen molar-refractivity contribution in [3.8, 4) is 0 Å². The first kappa shape index (κ1) is 6.61. The summed E-state index contributed by atoms with van der Waals surface area (Å²) in [6.07, 6.45) is 5.06. The lowest BCUT2D eigenvalue weighted by Crippen LogP contribution is -2.15. The van der Waals surface area contributed by atoms with Gasteiger partial charge in [-0.25, -0.2) is 0 Å². The third-order valence-electron chi connectivity index (χ3n) is 2.16. The zero-order valence-corrected chi connectivity index (χ0v) is 6.28. The summed E-state index contributed by atoms with van der Waals surface area (Å²) in [7, 11) is 0. The first-order valence-corrected chi connectivity index (χ1v) is 3.68. The van der Waals surface area contributed by atoms with Gasteiger partial charge in [0.25, 0.3) is 0 Å². The van der Waals surface area contributed by atoms with Crippen molar-refractivity contribution in [3.63, 3.8) is 0 Å². The minimum Gasteiger partial charge on any atom is -0.388 e. The van der Waals surface area contributed by atoms with E-state index in [-0.39, 0.29) is 12.0 Å². The average Bonchev–Trinajstić information content (AvgIpc) is 2.45. The van der Waals surface area contributed by atoms with Gasteiger partial charge in [0.15, 0.2) is 0 Å². The number of nitrogens with one attached hydrogen (secondary N) is 1. The van der Waals surface area contributed by atoms with E-state index in [2.05, 4.69) is 10.2 Å². The molecule has 0 fully saturated rings. The number of aliphatic hydroxyl groups is 1. The Labute approximate surface area is 64.8 Å². The summed E-state index contributed by atoms with van der Waals surface area (Å²) in [6, 6.07) is 0. The molecule has 2 N–H and O–H groups in total. The van der Waals surface area contributed by atoms with Crippen molar-refractivity contribution in [2.75, 3.05) is 0 Å². The highest BCUT2D eigenvalue weighted by Gasteiger charge is 2.21. The smallest absolute Gasteiger partial charge is 0.0791 e. The van der Waals surface area contributed by atoms with Crippen LogP contribution >= 0.6 is 0 Å². The van der Waals surface area contributed by atoms with Crippen molar-refractivity contribution in [2.24, 2.45) is 0 Å². The number of aromatic amines is 1. The van der Waals surface area contributed by atoms with Gasteiger partial charge in [-0.1, -0.05) is 13.0 Å². The molecule has 0 bridgehead atoms. The topological polar surface area (TPSA) is 48.9 Å². The number of aliphatic hydroxyl groups excluding tert-OH is 1. The number of aromatic nitrogens is 2. The monoisotopic (exact) mass is 150 g/mol. The molecule has 1 aromatic heterocycles. The van der Waals surface area contributed by atoms with Crippen LogP contribution in [0, 0.1) is 0 Å². The SMILES string of the molecule is CC1c2cn[nH]c2C=CC1O. The Balaban J connectivity index is 2.48. The molecule has 11 heavy (non-hydrogen) atoms.